The summed E-state index contributed by atoms with van der Waals surface area (Å²) in [4.78, 5) is 15.9. The van der Waals surface area contributed by atoms with E-state index < -0.39 is 0 Å². The lowest BCUT2D eigenvalue weighted by Crippen LogP contribution is -2.04. The van der Waals surface area contributed by atoms with Crippen LogP contribution in [0.1, 0.15) is 23.3 Å². The van der Waals surface area contributed by atoms with Gasteiger partial charge in [-0.05, 0) is 30.7 Å². The molecule has 0 radical (unpaired) electrons. The number of carbonyl (C=O) groups excluding carboxylic acids is 1. The molecule has 0 amide bonds. The van der Waals surface area contributed by atoms with Crippen molar-refractivity contribution in [2.45, 2.75) is 19.4 Å². The minimum absolute atomic E-state index is 0.0998. The summed E-state index contributed by atoms with van der Waals surface area (Å²) < 4.78 is 19.7. The van der Waals surface area contributed by atoms with Gasteiger partial charge in [0.25, 0.3) is 0 Å². The van der Waals surface area contributed by atoms with E-state index in [0.29, 0.717) is 30.7 Å². The molecule has 6 nitrogen and oxygen atoms in total. The van der Waals surface area contributed by atoms with Crippen LogP contribution >= 0.6 is 0 Å². The van der Waals surface area contributed by atoms with Crippen molar-refractivity contribution in [1.82, 2.24) is 19.9 Å². The van der Waals surface area contributed by atoms with Gasteiger partial charge in [-0.1, -0.05) is 5.16 Å². The Kier molecular flexibility index (Phi) is 4.04. The highest BCUT2D eigenvalue weighted by Gasteiger charge is 2.13. The summed E-state index contributed by atoms with van der Waals surface area (Å²) in [6.45, 7) is 0.619. The van der Waals surface area contributed by atoms with E-state index in [1.54, 1.807) is 29.2 Å². The van der Waals surface area contributed by atoms with Crippen LogP contribution in [-0.2, 0) is 6.54 Å². The maximum Gasteiger partial charge on any atom is 0.184 e. The van der Waals surface area contributed by atoms with Gasteiger partial charge in [0.15, 0.2) is 11.5 Å². The molecule has 0 bridgehead atoms. The number of aryl methyl sites for hydroxylation is 1. The fourth-order valence-electron chi connectivity index (χ4n) is 2.03. The Morgan fingerprint density at radius 3 is 2.82 bits per heavy atom. The highest BCUT2D eigenvalue weighted by Crippen LogP contribution is 2.21. The van der Waals surface area contributed by atoms with Crippen molar-refractivity contribution in [3.8, 4) is 11.3 Å². The van der Waals surface area contributed by atoms with E-state index in [0.717, 1.165) is 0 Å². The summed E-state index contributed by atoms with van der Waals surface area (Å²) in [5, 5.41) is 7.74. The predicted octanol–water partition coefficient (Wildman–Crippen LogP) is 2.74. The van der Waals surface area contributed by atoms with Crippen LogP contribution in [0.3, 0.4) is 0 Å². The van der Waals surface area contributed by atoms with Crippen molar-refractivity contribution in [3.05, 3.63) is 54.5 Å². The van der Waals surface area contributed by atoms with Gasteiger partial charge in [-0.15, -0.1) is 0 Å². The van der Waals surface area contributed by atoms with Gasteiger partial charge in [0.2, 0.25) is 0 Å². The average Bonchev–Trinajstić information content (AvgIpc) is 3.19. The lowest BCUT2D eigenvalue weighted by molar-refractivity contribution is 0.0969. The topological polar surface area (TPSA) is 73.8 Å². The zero-order chi connectivity index (χ0) is 15.4. The first-order valence-electron chi connectivity index (χ1n) is 6.80. The maximum atomic E-state index is 12.9. The third-order valence-electron chi connectivity index (χ3n) is 3.18. The Balaban J connectivity index is 1.60. The number of halogens is 1. The van der Waals surface area contributed by atoms with Crippen LogP contribution in [0.2, 0.25) is 0 Å². The van der Waals surface area contributed by atoms with Crippen LogP contribution in [0.15, 0.2) is 47.5 Å². The normalized spacial score (nSPS) is 10.8. The van der Waals surface area contributed by atoms with Gasteiger partial charge >= 0.3 is 0 Å². The Bertz CT molecular complexity index is 750. The first kappa shape index (κ1) is 14.1. The molecule has 0 fully saturated rings. The molecule has 2 heterocycles. The summed E-state index contributed by atoms with van der Waals surface area (Å²) >= 11 is 0. The standard InChI is InChI=1S/C15H13FN4O2/c16-12-5-3-11(4-6-12)15-8-13(19-22-15)14(21)2-1-7-20-10-17-9-18-20/h3-6,8-10H,1-2,7H2. The van der Waals surface area contributed by atoms with Crippen molar-refractivity contribution in [2.24, 2.45) is 0 Å². The van der Waals surface area contributed by atoms with Crippen molar-refractivity contribution in [2.75, 3.05) is 0 Å². The second kappa shape index (κ2) is 6.30. The van der Waals surface area contributed by atoms with Gasteiger partial charge in [-0.2, -0.15) is 5.10 Å². The molecule has 3 aromatic rings. The zero-order valence-electron chi connectivity index (χ0n) is 11.6. The molecular formula is C15H13FN4O2. The Morgan fingerprint density at radius 1 is 1.27 bits per heavy atom. The molecule has 0 aliphatic rings. The molecule has 0 aliphatic heterocycles. The minimum Gasteiger partial charge on any atom is -0.356 e. The molecule has 2 aromatic heterocycles. The van der Waals surface area contributed by atoms with Gasteiger partial charge in [-0.25, -0.2) is 9.37 Å². The summed E-state index contributed by atoms with van der Waals surface area (Å²) in [5.74, 6) is 0.0181. The highest BCUT2D eigenvalue weighted by molar-refractivity contribution is 5.94. The molecule has 0 spiro atoms. The molecule has 112 valence electrons. The van der Waals surface area contributed by atoms with E-state index in [9.17, 15) is 9.18 Å². The third kappa shape index (κ3) is 3.25. The van der Waals surface area contributed by atoms with Crippen LogP contribution in [0.25, 0.3) is 11.3 Å². The second-order valence-electron chi connectivity index (χ2n) is 4.77. The molecule has 0 saturated heterocycles. The van der Waals surface area contributed by atoms with E-state index in [1.165, 1.54) is 18.5 Å². The Labute approximate surface area is 125 Å². The number of Topliss-reactive ketones (excluding diaryl/α,β-unsaturated/α-hetero) is 1. The SMILES string of the molecule is O=C(CCCn1cncn1)c1cc(-c2ccc(F)cc2)on1. The number of carbonyl (C=O) groups is 1. The van der Waals surface area contributed by atoms with E-state index in [1.807, 2.05) is 0 Å². The van der Waals surface area contributed by atoms with Gasteiger partial charge in [0.05, 0.1) is 0 Å². The average molecular weight is 300 g/mol. The minimum atomic E-state index is -0.326. The summed E-state index contributed by atoms with van der Waals surface area (Å²) in [7, 11) is 0. The largest absolute Gasteiger partial charge is 0.356 e. The molecule has 1 aromatic carbocycles. The molecule has 0 saturated carbocycles. The fourth-order valence-corrected chi connectivity index (χ4v) is 2.03. The Morgan fingerprint density at radius 2 is 2.09 bits per heavy atom. The van der Waals surface area contributed by atoms with Gasteiger partial charge in [0.1, 0.15) is 24.2 Å². The smallest absolute Gasteiger partial charge is 0.184 e. The first-order valence-corrected chi connectivity index (χ1v) is 6.80. The quantitative estimate of drug-likeness (QED) is 0.654. The first-order chi connectivity index (χ1) is 10.7. The Hall–Kier alpha value is -2.83. The van der Waals surface area contributed by atoms with Gasteiger partial charge in [0, 0.05) is 24.6 Å². The molecule has 0 unspecified atom stereocenters. The zero-order valence-corrected chi connectivity index (χ0v) is 11.6. The predicted molar refractivity (Wildman–Crippen MR) is 75.5 cm³/mol. The monoisotopic (exact) mass is 300 g/mol. The number of hydrogen-bond acceptors (Lipinski definition) is 5. The number of rotatable bonds is 6. The third-order valence-corrected chi connectivity index (χ3v) is 3.18. The van der Waals surface area contributed by atoms with E-state index >= 15 is 0 Å². The number of benzene rings is 1. The lowest BCUT2D eigenvalue weighted by atomic mass is 10.1. The van der Waals surface area contributed by atoms with Crippen LogP contribution in [0, 0.1) is 5.82 Å². The number of ketones is 1. The van der Waals surface area contributed by atoms with Crippen molar-refractivity contribution >= 4 is 5.78 Å². The lowest BCUT2D eigenvalue weighted by Gasteiger charge is -1.98. The molecule has 7 heteroatoms. The maximum absolute atomic E-state index is 12.9. The fraction of sp³-hybridized carbons (Fsp3) is 0.200. The number of hydrogen-bond donors (Lipinski definition) is 0. The summed E-state index contributed by atoms with van der Waals surface area (Å²) in [6.07, 6.45) is 4.04. The van der Waals surface area contributed by atoms with Crippen molar-refractivity contribution < 1.29 is 13.7 Å². The van der Waals surface area contributed by atoms with Gasteiger partial charge < -0.3 is 4.52 Å². The molecule has 0 aliphatic carbocycles. The molecule has 0 N–H and O–H groups in total. The molecule has 22 heavy (non-hydrogen) atoms. The second-order valence-corrected chi connectivity index (χ2v) is 4.77. The van der Waals surface area contributed by atoms with Crippen LogP contribution < -0.4 is 0 Å². The van der Waals surface area contributed by atoms with E-state index in [4.69, 9.17) is 4.52 Å². The highest BCUT2D eigenvalue weighted by atomic mass is 19.1. The summed E-state index contributed by atoms with van der Waals surface area (Å²) in [5.41, 5.74) is 0.952. The molecule has 3 rings (SSSR count). The molecular weight excluding hydrogens is 287 g/mol. The van der Waals surface area contributed by atoms with Crippen molar-refractivity contribution in [1.29, 1.82) is 0 Å². The van der Waals surface area contributed by atoms with E-state index in [-0.39, 0.29) is 17.3 Å². The van der Waals surface area contributed by atoms with Crippen LogP contribution in [0.5, 0.6) is 0 Å². The van der Waals surface area contributed by atoms with Gasteiger partial charge in [-0.3, -0.25) is 9.48 Å². The van der Waals surface area contributed by atoms with E-state index in [2.05, 4.69) is 15.2 Å². The number of nitrogens with zero attached hydrogens (tertiary/aromatic N) is 4. The number of aromatic nitrogens is 4. The van der Waals surface area contributed by atoms with Crippen molar-refractivity contribution in [3.63, 3.8) is 0 Å². The molecule has 0 atom stereocenters. The van der Waals surface area contributed by atoms with Crippen LogP contribution in [-0.4, -0.2) is 25.7 Å². The summed E-state index contributed by atoms with van der Waals surface area (Å²) in [6, 6.07) is 7.39. The van der Waals surface area contributed by atoms with Crippen LogP contribution in [0.4, 0.5) is 4.39 Å².